The van der Waals surface area contributed by atoms with Crippen LogP contribution in [0.15, 0.2) is 17.0 Å². The van der Waals surface area contributed by atoms with Gasteiger partial charge in [0.15, 0.2) is 11.5 Å². The van der Waals surface area contributed by atoms with E-state index in [4.69, 9.17) is 20.3 Å². The third kappa shape index (κ3) is 2.65. The maximum Gasteiger partial charge on any atom is 0.325 e. The van der Waals surface area contributed by atoms with Gasteiger partial charge < -0.3 is 20.3 Å². The first-order valence-corrected chi connectivity index (χ1v) is 6.06. The van der Waals surface area contributed by atoms with Gasteiger partial charge in [0.05, 0.1) is 19.1 Å². The highest BCUT2D eigenvalue weighted by molar-refractivity contribution is 7.98. The lowest BCUT2D eigenvalue weighted by Gasteiger charge is -2.17. The van der Waals surface area contributed by atoms with Gasteiger partial charge in [-0.25, -0.2) is 0 Å². The first-order chi connectivity index (χ1) is 8.06. The second-order valence-corrected chi connectivity index (χ2v) is 4.06. The fourth-order valence-corrected chi connectivity index (χ4v) is 2.30. The molecule has 0 aliphatic rings. The molecule has 3 N–H and O–H groups in total. The molecule has 6 heteroatoms. The number of rotatable bonds is 5. The van der Waals surface area contributed by atoms with Crippen LogP contribution < -0.4 is 15.2 Å². The Kier molecular flexibility index (Phi) is 4.65. The first-order valence-electron chi connectivity index (χ1n) is 4.84. The molecule has 0 bridgehead atoms. The fourth-order valence-electron chi connectivity index (χ4n) is 1.50. The number of thioether (sulfide) groups is 1. The van der Waals surface area contributed by atoms with Gasteiger partial charge in [-0.2, -0.15) is 0 Å². The highest BCUT2D eigenvalue weighted by Gasteiger charge is 2.22. The van der Waals surface area contributed by atoms with Gasteiger partial charge in [0.1, 0.15) is 6.04 Å². The number of methoxy groups -OCH3 is 2. The third-order valence-electron chi connectivity index (χ3n) is 2.34. The molecule has 17 heavy (non-hydrogen) atoms. The summed E-state index contributed by atoms with van der Waals surface area (Å²) in [6.45, 7) is 0. The highest BCUT2D eigenvalue weighted by Crippen LogP contribution is 2.40. The number of hydrogen-bond acceptors (Lipinski definition) is 5. The molecule has 0 amide bonds. The number of hydrogen-bond donors (Lipinski definition) is 2. The van der Waals surface area contributed by atoms with Gasteiger partial charge in [-0.1, -0.05) is 6.07 Å². The lowest BCUT2D eigenvalue weighted by molar-refractivity contribution is -0.138. The van der Waals surface area contributed by atoms with E-state index in [0.29, 0.717) is 22.0 Å². The lowest BCUT2D eigenvalue weighted by Crippen LogP contribution is -2.21. The van der Waals surface area contributed by atoms with Crippen LogP contribution in [0.4, 0.5) is 0 Å². The molecule has 0 aromatic heterocycles. The average Bonchev–Trinajstić information content (AvgIpc) is 2.35. The van der Waals surface area contributed by atoms with Crippen LogP contribution in [0.25, 0.3) is 0 Å². The predicted octanol–water partition coefficient (Wildman–Crippen LogP) is 1.51. The molecule has 1 unspecified atom stereocenters. The van der Waals surface area contributed by atoms with Crippen LogP contribution in [0.2, 0.25) is 0 Å². The number of benzene rings is 1. The number of nitrogens with two attached hydrogens (primary N) is 1. The molecule has 94 valence electrons. The Labute approximate surface area is 104 Å². The molecule has 0 radical (unpaired) electrons. The van der Waals surface area contributed by atoms with Crippen molar-refractivity contribution in [2.45, 2.75) is 10.9 Å². The summed E-state index contributed by atoms with van der Waals surface area (Å²) in [6, 6.07) is 2.22. The van der Waals surface area contributed by atoms with E-state index in [1.54, 1.807) is 12.1 Å². The van der Waals surface area contributed by atoms with Crippen LogP contribution in [0.1, 0.15) is 11.6 Å². The van der Waals surface area contributed by atoms with Crippen molar-refractivity contribution >= 4 is 17.7 Å². The number of ether oxygens (including phenoxy) is 2. The summed E-state index contributed by atoms with van der Waals surface area (Å²) in [5.41, 5.74) is 6.14. The molecule has 1 rings (SSSR count). The third-order valence-corrected chi connectivity index (χ3v) is 3.17. The molecule has 0 aliphatic heterocycles. The number of carbonyl (C=O) groups is 1. The minimum atomic E-state index is -1.08. The van der Waals surface area contributed by atoms with E-state index < -0.39 is 12.0 Å². The van der Waals surface area contributed by atoms with Crippen molar-refractivity contribution in [1.29, 1.82) is 0 Å². The molecular formula is C11H15NO4S. The Bertz CT molecular complexity index is 422. The Morgan fingerprint density at radius 3 is 2.47 bits per heavy atom. The average molecular weight is 257 g/mol. The van der Waals surface area contributed by atoms with E-state index in [9.17, 15) is 4.79 Å². The smallest absolute Gasteiger partial charge is 0.325 e. The number of aliphatic carboxylic acids is 1. The van der Waals surface area contributed by atoms with Crippen LogP contribution in [0.5, 0.6) is 11.5 Å². The fraction of sp³-hybridized carbons (Fsp3) is 0.364. The lowest BCUT2D eigenvalue weighted by atomic mass is 10.1. The van der Waals surface area contributed by atoms with Gasteiger partial charge in [-0.05, 0) is 17.9 Å². The zero-order valence-corrected chi connectivity index (χ0v) is 10.7. The molecule has 0 saturated carbocycles. The van der Waals surface area contributed by atoms with Gasteiger partial charge in [-0.3, -0.25) is 4.79 Å². The zero-order chi connectivity index (χ0) is 13.0. The molecule has 0 fully saturated rings. The minimum Gasteiger partial charge on any atom is -0.493 e. The van der Waals surface area contributed by atoms with E-state index >= 15 is 0 Å². The SMILES string of the molecule is COc1ccc(C(N)C(=O)O)c(SC)c1OC. The van der Waals surface area contributed by atoms with Crippen molar-refractivity contribution in [3.8, 4) is 11.5 Å². The van der Waals surface area contributed by atoms with Gasteiger partial charge >= 0.3 is 5.97 Å². The Balaban J connectivity index is 3.37. The number of carboxylic acids is 1. The molecule has 1 atom stereocenters. The van der Waals surface area contributed by atoms with Crippen molar-refractivity contribution in [2.24, 2.45) is 5.73 Å². The van der Waals surface area contributed by atoms with Crippen LogP contribution in [0.3, 0.4) is 0 Å². The summed E-state index contributed by atoms with van der Waals surface area (Å²) < 4.78 is 10.4. The molecule has 1 aromatic rings. The van der Waals surface area contributed by atoms with Gasteiger partial charge in [0.25, 0.3) is 0 Å². The molecule has 0 heterocycles. The highest BCUT2D eigenvalue weighted by atomic mass is 32.2. The monoisotopic (exact) mass is 257 g/mol. The second kappa shape index (κ2) is 5.79. The Hall–Kier alpha value is -1.40. The van der Waals surface area contributed by atoms with Crippen LogP contribution >= 0.6 is 11.8 Å². The summed E-state index contributed by atoms with van der Waals surface area (Å²) in [5, 5.41) is 8.94. The molecule has 5 nitrogen and oxygen atoms in total. The van der Waals surface area contributed by atoms with E-state index in [0.717, 1.165) is 0 Å². The normalized spacial score (nSPS) is 12.0. The largest absolute Gasteiger partial charge is 0.493 e. The van der Waals surface area contributed by atoms with E-state index in [1.165, 1.54) is 26.0 Å². The van der Waals surface area contributed by atoms with Gasteiger partial charge in [0.2, 0.25) is 0 Å². The zero-order valence-electron chi connectivity index (χ0n) is 9.89. The van der Waals surface area contributed by atoms with Crippen molar-refractivity contribution < 1.29 is 19.4 Å². The topological polar surface area (TPSA) is 81.8 Å². The maximum absolute atomic E-state index is 10.9. The van der Waals surface area contributed by atoms with Crippen LogP contribution in [-0.2, 0) is 4.79 Å². The maximum atomic E-state index is 10.9. The standard InChI is InChI=1S/C11H15NO4S/c1-15-7-5-4-6(8(12)11(13)14)10(17-3)9(7)16-2/h4-5,8H,12H2,1-3H3,(H,13,14). The Morgan fingerprint density at radius 1 is 1.41 bits per heavy atom. The van der Waals surface area contributed by atoms with Gasteiger partial charge in [0, 0.05) is 0 Å². The van der Waals surface area contributed by atoms with E-state index in [-0.39, 0.29) is 0 Å². The molecule has 0 spiro atoms. The van der Waals surface area contributed by atoms with Crippen molar-refractivity contribution in [3.05, 3.63) is 17.7 Å². The first kappa shape index (κ1) is 13.7. The molecule has 0 aliphatic carbocycles. The van der Waals surface area contributed by atoms with Gasteiger partial charge in [-0.15, -0.1) is 11.8 Å². The minimum absolute atomic E-state index is 0.509. The summed E-state index contributed by atoms with van der Waals surface area (Å²) >= 11 is 1.37. The summed E-state index contributed by atoms with van der Waals surface area (Å²) in [7, 11) is 3.03. The number of carboxylic acid groups (broad SMARTS) is 1. The molecule has 1 aromatic carbocycles. The van der Waals surface area contributed by atoms with Crippen LogP contribution in [0, 0.1) is 0 Å². The summed E-state index contributed by atoms with van der Waals surface area (Å²) in [5.74, 6) is -0.0140. The van der Waals surface area contributed by atoms with Crippen molar-refractivity contribution in [1.82, 2.24) is 0 Å². The summed E-state index contributed by atoms with van der Waals surface area (Å²) in [4.78, 5) is 11.6. The Morgan fingerprint density at radius 2 is 2.06 bits per heavy atom. The summed E-state index contributed by atoms with van der Waals surface area (Å²) in [6.07, 6.45) is 1.83. The van der Waals surface area contributed by atoms with Crippen molar-refractivity contribution in [2.75, 3.05) is 20.5 Å². The molecular weight excluding hydrogens is 242 g/mol. The van der Waals surface area contributed by atoms with Crippen molar-refractivity contribution in [3.63, 3.8) is 0 Å². The predicted molar refractivity (Wildman–Crippen MR) is 65.9 cm³/mol. The van der Waals surface area contributed by atoms with E-state index in [2.05, 4.69) is 0 Å². The quantitative estimate of drug-likeness (QED) is 0.778. The second-order valence-electron chi connectivity index (χ2n) is 3.24. The van der Waals surface area contributed by atoms with Crippen LogP contribution in [-0.4, -0.2) is 31.6 Å². The molecule has 0 saturated heterocycles. The van der Waals surface area contributed by atoms with E-state index in [1.807, 2.05) is 6.26 Å².